The van der Waals surface area contributed by atoms with Crippen molar-refractivity contribution in [1.29, 1.82) is 0 Å². The van der Waals surface area contributed by atoms with E-state index in [0.29, 0.717) is 12.2 Å². The Kier molecular flexibility index (Phi) is 3.34. The van der Waals surface area contributed by atoms with Gasteiger partial charge in [0.15, 0.2) is 0 Å². The number of carbonyl (C=O) groups excluding carboxylic acids is 1. The van der Waals surface area contributed by atoms with Crippen LogP contribution in [0.25, 0.3) is 0 Å². The zero-order chi connectivity index (χ0) is 11.2. The minimum absolute atomic E-state index is 0.294. The molecule has 2 aromatic carbocycles. The quantitative estimate of drug-likeness (QED) is 0.730. The summed E-state index contributed by atoms with van der Waals surface area (Å²) in [6.45, 7) is 0.294. The van der Waals surface area contributed by atoms with Gasteiger partial charge in [0.05, 0.1) is 5.56 Å². The first-order chi connectivity index (χ1) is 7.86. The second-order valence-corrected chi connectivity index (χ2v) is 3.35. The van der Waals surface area contributed by atoms with E-state index in [-0.39, 0.29) is 5.97 Å². The van der Waals surface area contributed by atoms with E-state index in [0.717, 1.165) is 5.56 Å². The van der Waals surface area contributed by atoms with Crippen molar-refractivity contribution in [2.45, 2.75) is 6.61 Å². The van der Waals surface area contributed by atoms with Crippen LogP contribution in [0.15, 0.2) is 54.6 Å². The van der Waals surface area contributed by atoms with Crippen LogP contribution in [-0.2, 0) is 11.3 Å². The highest BCUT2D eigenvalue weighted by Crippen LogP contribution is 2.05. The van der Waals surface area contributed by atoms with Gasteiger partial charge in [-0.1, -0.05) is 42.5 Å². The molecule has 2 heteroatoms. The van der Waals surface area contributed by atoms with E-state index in [4.69, 9.17) is 4.74 Å². The Labute approximate surface area is 94.5 Å². The Morgan fingerprint density at radius 3 is 2.44 bits per heavy atom. The number of carbonyl (C=O) groups is 1. The summed E-state index contributed by atoms with van der Waals surface area (Å²) in [5.74, 6) is -0.298. The first-order valence-electron chi connectivity index (χ1n) is 5.03. The molecule has 1 radical (unpaired) electrons. The molecule has 0 N–H and O–H groups in total. The van der Waals surface area contributed by atoms with E-state index >= 15 is 0 Å². The summed E-state index contributed by atoms with van der Waals surface area (Å²) in [6, 6.07) is 19.2. The summed E-state index contributed by atoms with van der Waals surface area (Å²) >= 11 is 0. The summed E-state index contributed by atoms with van der Waals surface area (Å²) in [5.41, 5.74) is 1.54. The molecule has 16 heavy (non-hydrogen) atoms. The highest BCUT2D eigenvalue weighted by atomic mass is 16.5. The summed E-state index contributed by atoms with van der Waals surface area (Å²) in [4.78, 5) is 11.6. The van der Waals surface area contributed by atoms with Crippen LogP contribution in [0.4, 0.5) is 0 Å². The molecule has 0 atom stereocenters. The molecule has 0 heterocycles. The maximum atomic E-state index is 11.6. The van der Waals surface area contributed by atoms with Crippen molar-refractivity contribution in [2.75, 3.05) is 0 Å². The molecular weight excluding hydrogens is 200 g/mol. The highest BCUT2D eigenvalue weighted by molar-refractivity contribution is 5.89. The number of benzene rings is 2. The highest BCUT2D eigenvalue weighted by Gasteiger charge is 2.05. The topological polar surface area (TPSA) is 26.3 Å². The van der Waals surface area contributed by atoms with Gasteiger partial charge in [-0.3, -0.25) is 0 Å². The van der Waals surface area contributed by atoms with Crippen molar-refractivity contribution in [1.82, 2.24) is 0 Å². The van der Waals surface area contributed by atoms with Gasteiger partial charge >= 0.3 is 5.97 Å². The third-order valence-electron chi connectivity index (χ3n) is 2.17. The zero-order valence-corrected chi connectivity index (χ0v) is 8.72. The van der Waals surface area contributed by atoms with Gasteiger partial charge in [-0.05, 0) is 23.8 Å². The molecule has 0 fully saturated rings. The van der Waals surface area contributed by atoms with Crippen molar-refractivity contribution < 1.29 is 9.53 Å². The van der Waals surface area contributed by atoms with Gasteiger partial charge in [-0.2, -0.15) is 0 Å². The number of rotatable bonds is 3. The third kappa shape index (κ3) is 2.70. The molecular formula is C14H11O2. The molecule has 0 spiro atoms. The Hall–Kier alpha value is -2.09. The summed E-state index contributed by atoms with van der Waals surface area (Å²) in [7, 11) is 0. The third-order valence-corrected chi connectivity index (χ3v) is 2.17. The Morgan fingerprint density at radius 1 is 1.06 bits per heavy atom. The lowest BCUT2D eigenvalue weighted by Crippen LogP contribution is -2.04. The molecule has 2 aromatic rings. The molecule has 0 aliphatic heterocycles. The smallest absolute Gasteiger partial charge is 0.338 e. The SMILES string of the molecule is O=C(OCc1cc[c]cc1)c1ccccc1. The molecule has 0 saturated heterocycles. The van der Waals surface area contributed by atoms with E-state index in [1.165, 1.54) is 0 Å². The number of esters is 1. The van der Waals surface area contributed by atoms with E-state index in [1.54, 1.807) is 24.3 Å². The molecule has 0 saturated carbocycles. The fourth-order valence-corrected chi connectivity index (χ4v) is 1.32. The average Bonchev–Trinajstić information content (AvgIpc) is 2.38. The van der Waals surface area contributed by atoms with Gasteiger partial charge in [0.2, 0.25) is 0 Å². The second-order valence-electron chi connectivity index (χ2n) is 3.35. The van der Waals surface area contributed by atoms with Crippen molar-refractivity contribution in [3.8, 4) is 0 Å². The molecule has 79 valence electrons. The molecule has 0 unspecified atom stereocenters. The molecule has 0 amide bonds. The van der Waals surface area contributed by atoms with Gasteiger partial charge < -0.3 is 4.74 Å². The van der Waals surface area contributed by atoms with Crippen LogP contribution in [0.3, 0.4) is 0 Å². The molecule has 2 nitrogen and oxygen atoms in total. The van der Waals surface area contributed by atoms with Crippen molar-refractivity contribution in [3.05, 3.63) is 71.8 Å². The number of hydrogen-bond donors (Lipinski definition) is 0. The Morgan fingerprint density at radius 2 is 1.75 bits per heavy atom. The summed E-state index contributed by atoms with van der Waals surface area (Å²) in [6.07, 6.45) is 0. The summed E-state index contributed by atoms with van der Waals surface area (Å²) in [5, 5.41) is 0. The number of ether oxygens (including phenoxy) is 1. The molecule has 2 rings (SSSR count). The van der Waals surface area contributed by atoms with Crippen LogP contribution in [-0.4, -0.2) is 5.97 Å². The van der Waals surface area contributed by atoms with E-state index in [9.17, 15) is 4.79 Å². The van der Waals surface area contributed by atoms with Crippen LogP contribution in [0.1, 0.15) is 15.9 Å². The van der Waals surface area contributed by atoms with Gasteiger partial charge in [-0.25, -0.2) is 4.79 Å². The van der Waals surface area contributed by atoms with Crippen LogP contribution >= 0.6 is 0 Å². The minimum Gasteiger partial charge on any atom is -0.457 e. The fourth-order valence-electron chi connectivity index (χ4n) is 1.32. The second kappa shape index (κ2) is 5.12. The van der Waals surface area contributed by atoms with Crippen LogP contribution in [0, 0.1) is 6.07 Å². The first-order valence-corrected chi connectivity index (χ1v) is 5.03. The lowest BCUT2D eigenvalue weighted by molar-refractivity contribution is 0.0472. The first kappa shape index (κ1) is 10.4. The van der Waals surface area contributed by atoms with E-state index in [1.807, 2.05) is 30.3 Å². The Bertz CT molecular complexity index is 449. The van der Waals surface area contributed by atoms with Gasteiger partial charge in [-0.15, -0.1) is 0 Å². The maximum Gasteiger partial charge on any atom is 0.338 e. The minimum atomic E-state index is -0.298. The van der Waals surface area contributed by atoms with Crippen molar-refractivity contribution in [3.63, 3.8) is 0 Å². The molecule has 0 aromatic heterocycles. The molecule has 0 aliphatic carbocycles. The zero-order valence-electron chi connectivity index (χ0n) is 8.72. The predicted molar refractivity (Wildman–Crippen MR) is 60.8 cm³/mol. The normalized spacial score (nSPS) is 9.75. The van der Waals surface area contributed by atoms with Crippen molar-refractivity contribution in [2.24, 2.45) is 0 Å². The average molecular weight is 211 g/mol. The Balaban J connectivity index is 1.95. The molecule has 0 bridgehead atoms. The van der Waals surface area contributed by atoms with Crippen LogP contribution in [0.5, 0.6) is 0 Å². The van der Waals surface area contributed by atoms with Crippen LogP contribution in [0.2, 0.25) is 0 Å². The van der Waals surface area contributed by atoms with Gasteiger partial charge in [0, 0.05) is 0 Å². The van der Waals surface area contributed by atoms with Gasteiger partial charge in [0.1, 0.15) is 6.61 Å². The predicted octanol–water partition coefficient (Wildman–Crippen LogP) is 2.84. The van der Waals surface area contributed by atoms with Crippen molar-refractivity contribution >= 4 is 5.97 Å². The standard InChI is InChI=1S/C14H11O2/c15-14(13-9-5-2-6-10-13)16-11-12-7-3-1-4-8-12/h2-10H,11H2. The molecule has 0 aliphatic rings. The fraction of sp³-hybridized carbons (Fsp3) is 0.0714. The number of hydrogen-bond acceptors (Lipinski definition) is 2. The maximum absolute atomic E-state index is 11.6. The largest absolute Gasteiger partial charge is 0.457 e. The summed E-state index contributed by atoms with van der Waals surface area (Å²) < 4.78 is 5.16. The van der Waals surface area contributed by atoms with E-state index in [2.05, 4.69) is 6.07 Å². The van der Waals surface area contributed by atoms with Gasteiger partial charge in [0.25, 0.3) is 0 Å². The van der Waals surface area contributed by atoms with Crippen LogP contribution < -0.4 is 0 Å². The lowest BCUT2D eigenvalue weighted by Gasteiger charge is -2.04. The lowest BCUT2D eigenvalue weighted by atomic mass is 10.2. The monoisotopic (exact) mass is 211 g/mol. The van der Waals surface area contributed by atoms with E-state index < -0.39 is 0 Å².